The quantitative estimate of drug-likeness (QED) is 0.587. The lowest BCUT2D eigenvalue weighted by atomic mass is 10.2. The third-order valence-corrected chi connectivity index (χ3v) is 4.82. The average Bonchev–Trinajstić information content (AvgIpc) is 3.21. The number of amides is 1. The number of imidazole rings is 1. The lowest BCUT2D eigenvalue weighted by Gasteiger charge is -2.11. The van der Waals surface area contributed by atoms with Crippen LogP contribution in [0.5, 0.6) is 0 Å². The standard InChI is InChI=1S/C12H21N5O3S/c1-8-16-12(7-17(8)2)21(19,20)15-6-11(18)14-5-10(13)9-3-4-9/h7,9-10,15H,3-6,13H2,1-2H3,(H,14,18). The summed E-state index contributed by atoms with van der Waals surface area (Å²) in [6, 6.07) is -0.0519. The summed E-state index contributed by atoms with van der Waals surface area (Å²) in [4.78, 5) is 15.5. The maximum absolute atomic E-state index is 12.0. The highest BCUT2D eigenvalue weighted by Gasteiger charge is 2.28. The molecule has 1 aliphatic rings. The first kappa shape index (κ1) is 15.9. The van der Waals surface area contributed by atoms with Crippen LogP contribution in [0.15, 0.2) is 11.2 Å². The van der Waals surface area contributed by atoms with Gasteiger partial charge in [0.05, 0.1) is 6.54 Å². The molecule has 0 spiro atoms. The van der Waals surface area contributed by atoms with Gasteiger partial charge in [-0.05, 0) is 25.7 Å². The molecule has 21 heavy (non-hydrogen) atoms. The second-order valence-corrected chi connectivity index (χ2v) is 7.08. The van der Waals surface area contributed by atoms with E-state index in [0.29, 0.717) is 18.3 Å². The van der Waals surface area contributed by atoms with E-state index in [1.807, 2.05) is 0 Å². The predicted octanol–water partition coefficient (Wildman–Crippen LogP) is -1.14. The Morgan fingerprint density at radius 3 is 2.76 bits per heavy atom. The molecule has 0 aromatic carbocycles. The Bertz CT molecular complexity index is 601. The lowest BCUT2D eigenvalue weighted by molar-refractivity contribution is -0.120. The molecule has 1 heterocycles. The zero-order valence-corrected chi connectivity index (χ0v) is 13.0. The summed E-state index contributed by atoms with van der Waals surface area (Å²) in [6.07, 6.45) is 3.60. The van der Waals surface area contributed by atoms with Gasteiger partial charge < -0.3 is 15.6 Å². The number of hydrogen-bond donors (Lipinski definition) is 3. The predicted molar refractivity (Wildman–Crippen MR) is 76.8 cm³/mol. The molecule has 4 N–H and O–H groups in total. The molecule has 1 amide bonds. The van der Waals surface area contributed by atoms with E-state index in [2.05, 4.69) is 15.0 Å². The maximum atomic E-state index is 12.0. The Labute approximate surface area is 124 Å². The average molecular weight is 315 g/mol. The third-order valence-electron chi connectivity index (χ3n) is 3.55. The smallest absolute Gasteiger partial charge is 0.260 e. The van der Waals surface area contributed by atoms with Crippen LogP contribution in [0.2, 0.25) is 0 Å². The van der Waals surface area contributed by atoms with E-state index in [9.17, 15) is 13.2 Å². The number of nitrogens with two attached hydrogens (primary N) is 1. The third kappa shape index (κ3) is 4.26. The number of carbonyl (C=O) groups is 1. The fourth-order valence-corrected chi connectivity index (χ4v) is 2.89. The molecule has 1 aliphatic carbocycles. The van der Waals surface area contributed by atoms with Crippen molar-refractivity contribution in [2.75, 3.05) is 13.1 Å². The minimum atomic E-state index is -3.77. The van der Waals surface area contributed by atoms with Crippen LogP contribution in [-0.2, 0) is 21.9 Å². The molecule has 0 aliphatic heterocycles. The fourth-order valence-electron chi connectivity index (χ4n) is 1.88. The van der Waals surface area contributed by atoms with E-state index < -0.39 is 15.9 Å². The van der Waals surface area contributed by atoms with E-state index >= 15 is 0 Å². The Hall–Kier alpha value is -1.45. The highest BCUT2D eigenvalue weighted by atomic mass is 32.2. The van der Waals surface area contributed by atoms with Gasteiger partial charge in [-0.15, -0.1) is 0 Å². The van der Waals surface area contributed by atoms with Crippen molar-refractivity contribution in [2.24, 2.45) is 18.7 Å². The van der Waals surface area contributed by atoms with Crippen LogP contribution < -0.4 is 15.8 Å². The van der Waals surface area contributed by atoms with Crippen molar-refractivity contribution in [3.63, 3.8) is 0 Å². The first-order chi connectivity index (χ1) is 9.79. The summed E-state index contributed by atoms with van der Waals surface area (Å²) >= 11 is 0. The van der Waals surface area contributed by atoms with E-state index in [1.54, 1.807) is 18.5 Å². The second kappa shape index (κ2) is 6.12. The zero-order valence-electron chi connectivity index (χ0n) is 12.2. The molecule has 118 valence electrons. The van der Waals surface area contributed by atoms with Crippen LogP contribution in [0, 0.1) is 12.8 Å². The van der Waals surface area contributed by atoms with Crippen molar-refractivity contribution in [1.82, 2.24) is 19.6 Å². The lowest BCUT2D eigenvalue weighted by Crippen LogP contribution is -2.43. The summed E-state index contributed by atoms with van der Waals surface area (Å²) < 4.78 is 27.8. The molecular formula is C12H21N5O3S. The largest absolute Gasteiger partial charge is 0.353 e. The van der Waals surface area contributed by atoms with Crippen LogP contribution >= 0.6 is 0 Å². The van der Waals surface area contributed by atoms with Gasteiger partial charge in [-0.2, -0.15) is 0 Å². The molecule has 2 rings (SSSR count). The molecular weight excluding hydrogens is 294 g/mol. The number of aryl methyl sites for hydroxylation is 2. The minimum Gasteiger partial charge on any atom is -0.353 e. The summed E-state index contributed by atoms with van der Waals surface area (Å²) in [5, 5.41) is 2.54. The van der Waals surface area contributed by atoms with Gasteiger partial charge in [0.2, 0.25) is 5.91 Å². The molecule has 0 radical (unpaired) electrons. The van der Waals surface area contributed by atoms with Crippen LogP contribution in [0.3, 0.4) is 0 Å². The van der Waals surface area contributed by atoms with Gasteiger partial charge in [0.1, 0.15) is 5.82 Å². The highest BCUT2D eigenvalue weighted by Crippen LogP contribution is 2.31. The van der Waals surface area contributed by atoms with Gasteiger partial charge in [0, 0.05) is 25.8 Å². The van der Waals surface area contributed by atoms with Crippen molar-refractivity contribution in [3.8, 4) is 0 Å². The van der Waals surface area contributed by atoms with Gasteiger partial charge >= 0.3 is 0 Å². The summed E-state index contributed by atoms with van der Waals surface area (Å²) in [5.74, 6) is 0.663. The Morgan fingerprint density at radius 2 is 2.24 bits per heavy atom. The van der Waals surface area contributed by atoms with Gasteiger partial charge in [0.25, 0.3) is 10.0 Å². The minimum absolute atomic E-state index is 0.0519. The monoisotopic (exact) mass is 315 g/mol. The van der Waals surface area contributed by atoms with Crippen LogP contribution in [-0.4, -0.2) is 43.0 Å². The van der Waals surface area contributed by atoms with Crippen molar-refractivity contribution in [1.29, 1.82) is 0 Å². The fraction of sp³-hybridized carbons (Fsp3) is 0.667. The van der Waals surface area contributed by atoms with E-state index in [1.165, 1.54) is 6.20 Å². The molecule has 1 fully saturated rings. The Kier molecular flexibility index (Phi) is 4.64. The number of nitrogens with zero attached hydrogens (tertiary/aromatic N) is 2. The van der Waals surface area contributed by atoms with Gasteiger partial charge in [-0.1, -0.05) is 0 Å². The van der Waals surface area contributed by atoms with Gasteiger partial charge in [-0.25, -0.2) is 18.1 Å². The first-order valence-corrected chi connectivity index (χ1v) is 8.30. The Balaban J connectivity index is 1.81. The first-order valence-electron chi connectivity index (χ1n) is 6.81. The number of sulfonamides is 1. The van der Waals surface area contributed by atoms with E-state index in [-0.39, 0.29) is 17.6 Å². The molecule has 1 atom stereocenters. The summed E-state index contributed by atoms with van der Waals surface area (Å²) in [5.41, 5.74) is 5.85. The van der Waals surface area contributed by atoms with Gasteiger partial charge in [-0.3, -0.25) is 4.79 Å². The SMILES string of the molecule is Cc1nc(S(=O)(=O)NCC(=O)NCC(N)C2CC2)cn1C. The summed E-state index contributed by atoms with van der Waals surface area (Å²) in [6.45, 7) is 1.74. The van der Waals surface area contributed by atoms with E-state index in [0.717, 1.165) is 12.8 Å². The zero-order chi connectivity index (χ0) is 15.6. The van der Waals surface area contributed by atoms with Crippen LogP contribution in [0.25, 0.3) is 0 Å². The maximum Gasteiger partial charge on any atom is 0.260 e. The van der Waals surface area contributed by atoms with E-state index in [4.69, 9.17) is 5.73 Å². The normalized spacial score (nSPS) is 16.7. The van der Waals surface area contributed by atoms with Crippen molar-refractivity contribution in [3.05, 3.63) is 12.0 Å². The molecule has 9 heteroatoms. The molecule has 1 aromatic rings. The second-order valence-electron chi connectivity index (χ2n) is 5.37. The van der Waals surface area contributed by atoms with Crippen molar-refractivity contribution >= 4 is 15.9 Å². The topological polar surface area (TPSA) is 119 Å². The highest BCUT2D eigenvalue weighted by molar-refractivity contribution is 7.89. The summed E-state index contributed by atoms with van der Waals surface area (Å²) in [7, 11) is -2.07. The van der Waals surface area contributed by atoms with Crippen molar-refractivity contribution < 1.29 is 13.2 Å². The molecule has 1 aromatic heterocycles. The number of aromatic nitrogens is 2. The molecule has 0 bridgehead atoms. The molecule has 1 unspecified atom stereocenters. The van der Waals surface area contributed by atoms with Gasteiger partial charge in [0.15, 0.2) is 5.03 Å². The van der Waals surface area contributed by atoms with Crippen molar-refractivity contribution in [2.45, 2.75) is 30.8 Å². The number of carbonyl (C=O) groups excluding carboxylic acids is 1. The van der Waals surface area contributed by atoms with Crippen LogP contribution in [0.1, 0.15) is 18.7 Å². The molecule has 1 saturated carbocycles. The molecule has 0 saturated heterocycles. The molecule has 8 nitrogen and oxygen atoms in total. The Morgan fingerprint density at radius 1 is 1.57 bits per heavy atom. The van der Waals surface area contributed by atoms with Crippen LogP contribution in [0.4, 0.5) is 0 Å². The number of nitrogens with one attached hydrogen (secondary N) is 2. The number of rotatable bonds is 7. The number of hydrogen-bond acceptors (Lipinski definition) is 5.